The van der Waals surface area contributed by atoms with Gasteiger partial charge < -0.3 is 9.32 Å². The molecule has 0 atom stereocenters. The van der Waals surface area contributed by atoms with Crippen molar-refractivity contribution in [3.63, 3.8) is 0 Å². The van der Waals surface area contributed by atoms with Gasteiger partial charge in [-0.05, 0) is 104 Å². The van der Waals surface area contributed by atoms with Crippen molar-refractivity contribution in [1.29, 1.82) is 0 Å². The molecule has 0 saturated heterocycles. The van der Waals surface area contributed by atoms with Gasteiger partial charge >= 0.3 is 0 Å². The van der Waals surface area contributed by atoms with Crippen LogP contribution in [0.25, 0.3) is 65.7 Å². The zero-order valence-electron chi connectivity index (χ0n) is 25.1. The first-order chi connectivity index (χ1) is 22.8. The Morgan fingerprint density at radius 3 is 1.76 bits per heavy atom. The summed E-state index contributed by atoms with van der Waals surface area (Å²) < 4.78 is 6.13. The first-order valence-electron chi connectivity index (χ1n) is 15.7. The van der Waals surface area contributed by atoms with Crippen molar-refractivity contribution in [3.8, 4) is 22.3 Å². The molecule has 1 heterocycles. The number of hydrogen-bond donors (Lipinski definition) is 0. The summed E-state index contributed by atoms with van der Waals surface area (Å²) in [5.41, 5.74) is 10.0. The number of rotatable bonds is 5. The van der Waals surface area contributed by atoms with Crippen LogP contribution < -0.4 is 4.90 Å². The molecule has 1 aromatic heterocycles. The Kier molecular flexibility index (Phi) is 6.17. The summed E-state index contributed by atoms with van der Waals surface area (Å²) in [6.45, 7) is 0. The van der Waals surface area contributed by atoms with Crippen molar-refractivity contribution in [3.05, 3.63) is 176 Å². The van der Waals surface area contributed by atoms with Crippen molar-refractivity contribution in [2.45, 2.75) is 0 Å². The lowest BCUT2D eigenvalue weighted by atomic mass is 9.98. The third-order valence-electron chi connectivity index (χ3n) is 9.04. The Hall–Kier alpha value is -6.12. The molecule has 0 aliphatic carbocycles. The zero-order chi connectivity index (χ0) is 30.5. The van der Waals surface area contributed by atoms with Gasteiger partial charge in [0.05, 0.1) is 0 Å². The van der Waals surface area contributed by atoms with E-state index in [4.69, 9.17) is 4.42 Å². The minimum atomic E-state index is 0.926. The van der Waals surface area contributed by atoms with Crippen LogP contribution in [0.3, 0.4) is 0 Å². The summed E-state index contributed by atoms with van der Waals surface area (Å²) in [4.78, 5) is 2.32. The van der Waals surface area contributed by atoms with E-state index < -0.39 is 0 Å². The molecule has 216 valence electrons. The molecule has 0 amide bonds. The van der Waals surface area contributed by atoms with Crippen molar-refractivity contribution in [1.82, 2.24) is 0 Å². The van der Waals surface area contributed by atoms with Crippen LogP contribution in [-0.2, 0) is 0 Å². The summed E-state index contributed by atoms with van der Waals surface area (Å²) >= 11 is 0. The van der Waals surface area contributed by atoms with Gasteiger partial charge in [-0.2, -0.15) is 0 Å². The van der Waals surface area contributed by atoms with Crippen LogP contribution in [0.4, 0.5) is 17.1 Å². The van der Waals surface area contributed by atoms with E-state index in [1.807, 2.05) is 12.1 Å². The second kappa shape index (κ2) is 10.8. The van der Waals surface area contributed by atoms with Gasteiger partial charge in [0, 0.05) is 27.8 Å². The predicted molar refractivity (Wildman–Crippen MR) is 194 cm³/mol. The topological polar surface area (TPSA) is 16.4 Å². The number of nitrogens with zero attached hydrogens (tertiary/aromatic N) is 1. The fourth-order valence-electron chi connectivity index (χ4n) is 6.74. The number of para-hydroxylation sites is 2. The van der Waals surface area contributed by atoms with Gasteiger partial charge in [-0.25, -0.2) is 0 Å². The molecule has 0 fully saturated rings. The molecule has 0 unspecified atom stereocenters. The SMILES string of the molecule is c1ccc(N(c2ccc(-c3ccc4cc5oc6ccccc6c5cc4c3)cc2)c2ccc(-c3cccc4ccccc34)cc2)cc1. The first kappa shape index (κ1) is 26.3. The average Bonchev–Trinajstić information content (AvgIpc) is 3.49. The summed E-state index contributed by atoms with van der Waals surface area (Å²) in [5, 5.41) is 7.21. The Balaban J connectivity index is 1.08. The van der Waals surface area contributed by atoms with Crippen LogP contribution in [0.5, 0.6) is 0 Å². The minimum absolute atomic E-state index is 0.926. The minimum Gasteiger partial charge on any atom is -0.456 e. The van der Waals surface area contributed by atoms with Crippen LogP contribution >= 0.6 is 0 Å². The van der Waals surface area contributed by atoms with E-state index in [0.29, 0.717) is 0 Å². The molecule has 2 heteroatoms. The molecular weight excluding hydrogens is 558 g/mol. The van der Waals surface area contributed by atoms with E-state index in [9.17, 15) is 0 Å². The lowest BCUT2D eigenvalue weighted by molar-refractivity contribution is 0.669. The number of hydrogen-bond acceptors (Lipinski definition) is 2. The lowest BCUT2D eigenvalue weighted by Crippen LogP contribution is -2.09. The molecular formula is C44H29NO. The number of benzene rings is 8. The maximum absolute atomic E-state index is 6.13. The number of fused-ring (bicyclic) bond motifs is 5. The normalized spacial score (nSPS) is 11.5. The maximum atomic E-state index is 6.13. The van der Waals surface area contributed by atoms with Gasteiger partial charge in [-0.15, -0.1) is 0 Å². The van der Waals surface area contributed by atoms with Gasteiger partial charge in [0.25, 0.3) is 0 Å². The molecule has 8 aromatic carbocycles. The summed E-state index contributed by atoms with van der Waals surface area (Å²) in [6, 6.07) is 62.8. The Morgan fingerprint density at radius 1 is 0.326 bits per heavy atom. The summed E-state index contributed by atoms with van der Waals surface area (Å²) in [6.07, 6.45) is 0. The van der Waals surface area contributed by atoms with Gasteiger partial charge in [0.2, 0.25) is 0 Å². The van der Waals surface area contributed by atoms with E-state index in [1.165, 1.54) is 43.8 Å². The Bertz CT molecular complexity index is 2500. The quantitative estimate of drug-likeness (QED) is 0.199. The highest BCUT2D eigenvalue weighted by Gasteiger charge is 2.14. The monoisotopic (exact) mass is 587 g/mol. The van der Waals surface area contributed by atoms with Gasteiger partial charge in [0.15, 0.2) is 0 Å². The smallest absolute Gasteiger partial charge is 0.136 e. The largest absolute Gasteiger partial charge is 0.456 e. The zero-order valence-corrected chi connectivity index (χ0v) is 25.1. The molecule has 0 N–H and O–H groups in total. The van der Waals surface area contributed by atoms with Gasteiger partial charge in [-0.1, -0.05) is 115 Å². The molecule has 9 rings (SSSR count). The van der Waals surface area contributed by atoms with E-state index in [0.717, 1.165) is 39.0 Å². The molecule has 0 spiro atoms. The third-order valence-corrected chi connectivity index (χ3v) is 9.04. The van der Waals surface area contributed by atoms with Gasteiger partial charge in [-0.3, -0.25) is 0 Å². The molecule has 0 bridgehead atoms. The van der Waals surface area contributed by atoms with Crippen molar-refractivity contribution < 1.29 is 4.42 Å². The number of anilines is 3. The van der Waals surface area contributed by atoms with Crippen LogP contribution in [-0.4, -0.2) is 0 Å². The molecule has 0 aliphatic heterocycles. The highest BCUT2D eigenvalue weighted by atomic mass is 16.3. The van der Waals surface area contributed by atoms with Gasteiger partial charge in [0.1, 0.15) is 11.2 Å². The molecule has 0 saturated carbocycles. The fraction of sp³-hybridized carbons (Fsp3) is 0. The lowest BCUT2D eigenvalue weighted by Gasteiger charge is -2.26. The molecule has 9 aromatic rings. The standard InChI is InChI=1S/C44H29NO/c1-2-11-36(12-3-1)45(38-25-21-32(22-26-38)40-15-8-10-31-9-4-5-13-39(31)40)37-23-19-30(20-24-37)33-17-18-34-29-44-42(28-35(34)27-33)41-14-6-7-16-43(41)46-44/h1-29H. The van der Waals surface area contributed by atoms with Crippen molar-refractivity contribution in [2.75, 3.05) is 4.90 Å². The predicted octanol–water partition coefficient (Wildman–Crippen LogP) is 12.7. The third kappa shape index (κ3) is 4.51. The van der Waals surface area contributed by atoms with E-state index in [1.54, 1.807) is 0 Å². The second-order valence-corrected chi connectivity index (χ2v) is 11.8. The van der Waals surface area contributed by atoms with Crippen LogP contribution in [0, 0.1) is 0 Å². The van der Waals surface area contributed by atoms with E-state index in [-0.39, 0.29) is 0 Å². The number of furan rings is 1. The van der Waals surface area contributed by atoms with Crippen molar-refractivity contribution >= 4 is 60.5 Å². The Morgan fingerprint density at radius 2 is 0.957 bits per heavy atom. The van der Waals surface area contributed by atoms with Crippen molar-refractivity contribution in [2.24, 2.45) is 0 Å². The molecule has 0 radical (unpaired) electrons. The maximum Gasteiger partial charge on any atom is 0.136 e. The molecule has 46 heavy (non-hydrogen) atoms. The average molecular weight is 588 g/mol. The van der Waals surface area contributed by atoms with Crippen LogP contribution in [0.2, 0.25) is 0 Å². The fourth-order valence-corrected chi connectivity index (χ4v) is 6.74. The van der Waals surface area contributed by atoms with E-state index >= 15 is 0 Å². The summed E-state index contributed by atoms with van der Waals surface area (Å²) in [7, 11) is 0. The van der Waals surface area contributed by atoms with E-state index in [2.05, 4.69) is 169 Å². The van der Waals surface area contributed by atoms with Crippen LogP contribution in [0.1, 0.15) is 0 Å². The van der Waals surface area contributed by atoms with Crippen LogP contribution in [0.15, 0.2) is 180 Å². The molecule has 0 aliphatic rings. The highest BCUT2D eigenvalue weighted by Crippen LogP contribution is 2.38. The first-order valence-corrected chi connectivity index (χ1v) is 15.7. The Labute approximate surface area is 267 Å². The molecule has 2 nitrogen and oxygen atoms in total. The summed E-state index contributed by atoms with van der Waals surface area (Å²) in [5.74, 6) is 0. The highest BCUT2D eigenvalue weighted by molar-refractivity contribution is 6.10. The second-order valence-electron chi connectivity index (χ2n) is 11.8.